The summed E-state index contributed by atoms with van der Waals surface area (Å²) in [6.45, 7) is 1.14. The van der Waals surface area contributed by atoms with Crippen LogP contribution in [0.25, 0.3) is 16.7 Å². The van der Waals surface area contributed by atoms with Crippen molar-refractivity contribution < 1.29 is 0 Å². The van der Waals surface area contributed by atoms with Gasteiger partial charge in [0.05, 0.1) is 0 Å². The van der Waals surface area contributed by atoms with Crippen LogP contribution in [0.15, 0.2) is 54.9 Å². The van der Waals surface area contributed by atoms with Gasteiger partial charge >= 0.3 is 0 Å². The molecule has 2 aliphatic rings. The second kappa shape index (κ2) is 4.88. The minimum absolute atomic E-state index is 0.573. The highest BCUT2D eigenvalue weighted by Crippen LogP contribution is 2.38. The van der Waals surface area contributed by atoms with Crippen molar-refractivity contribution in [3.63, 3.8) is 0 Å². The predicted octanol–water partition coefficient (Wildman–Crippen LogP) is 3.51. The lowest BCUT2D eigenvalue weighted by Crippen LogP contribution is -2.32. The molecule has 0 saturated carbocycles. The Morgan fingerprint density at radius 2 is 1.85 bits per heavy atom. The first kappa shape index (κ1) is 11.9. The summed E-state index contributed by atoms with van der Waals surface area (Å²) >= 11 is 0. The number of rotatable bonds is 2. The molecule has 1 saturated heterocycles. The maximum atomic E-state index is 4.46. The lowest BCUT2D eigenvalue weighted by Gasteiger charge is -2.22. The molecule has 1 aromatic heterocycles. The molecule has 100 valence electrons. The average molecular weight is 262 g/mol. The van der Waals surface area contributed by atoms with Crippen molar-refractivity contribution in [2.75, 3.05) is 6.54 Å². The zero-order valence-corrected chi connectivity index (χ0v) is 11.4. The van der Waals surface area contributed by atoms with Crippen molar-refractivity contribution in [3.8, 4) is 11.1 Å². The summed E-state index contributed by atoms with van der Waals surface area (Å²) < 4.78 is 0. The number of nitrogens with one attached hydrogen (secondary N) is 1. The third-order valence-electron chi connectivity index (χ3n) is 4.44. The van der Waals surface area contributed by atoms with Crippen molar-refractivity contribution in [3.05, 3.63) is 60.4 Å². The molecule has 1 fully saturated rings. The summed E-state index contributed by atoms with van der Waals surface area (Å²) in [6.07, 6.45) is 8.88. The summed E-state index contributed by atoms with van der Waals surface area (Å²) in [7, 11) is 0. The number of hydrogen-bond donors (Lipinski definition) is 1. The van der Waals surface area contributed by atoms with Gasteiger partial charge in [-0.15, -0.1) is 0 Å². The predicted molar refractivity (Wildman–Crippen MR) is 82.2 cm³/mol. The van der Waals surface area contributed by atoms with Gasteiger partial charge in [0, 0.05) is 24.0 Å². The molecule has 2 nitrogen and oxygen atoms in total. The van der Waals surface area contributed by atoms with Gasteiger partial charge < -0.3 is 5.32 Å². The molecular formula is C18H18N2. The fourth-order valence-electron chi connectivity index (χ4n) is 3.43. The first-order valence-electron chi connectivity index (χ1n) is 7.36. The van der Waals surface area contributed by atoms with E-state index in [2.05, 4.69) is 52.8 Å². The summed E-state index contributed by atoms with van der Waals surface area (Å²) in [4.78, 5) is 4.46. The van der Waals surface area contributed by atoms with E-state index in [4.69, 9.17) is 0 Å². The maximum absolute atomic E-state index is 4.46. The minimum Gasteiger partial charge on any atom is -0.310 e. The fraction of sp³-hybridized carbons (Fsp3) is 0.278. The van der Waals surface area contributed by atoms with Crippen molar-refractivity contribution in [2.45, 2.75) is 18.9 Å². The second-order valence-electron chi connectivity index (χ2n) is 5.73. The molecule has 0 radical (unpaired) electrons. The Bertz CT molecular complexity index is 645. The topological polar surface area (TPSA) is 24.9 Å². The van der Waals surface area contributed by atoms with Crippen LogP contribution in [0.5, 0.6) is 0 Å². The smallest absolute Gasteiger partial charge is 0.0346 e. The average Bonchev–Trinajstić information content (AvgIpc) is 2.82. The van der Waals surface area contributed by atoms with E-state index in [0.717, 1.165) is 6.54 Å². The van der Waals surface area contributed by atoms with Gasteiger partial charge in [0.2, 0.25) is 0 Å². The molecule has 1 aromatic carbocycles. The Morgan fingerprint density at radius 1 is 1.00 bits per heavy atom. The number of benzene rings is 1. The van der Waals surface area contributed by atoms with Gasteiger partial charge in [-0.2, -0.15) is 0 Å². The Morgan fingerprint density at radius 3 is 2.70 bits per heavy atom. The largest absolute Gasteiger partial charge is 0.310 e. The Hall–Kier alpha value is -1.93. The number of hydrogen-bond acceptors (Lipinski definition) is 2. The molecule has 2 heterocycles. The number of piperidine rings is 1. The summed E-state index contributed by atoms with van der Waals surface area (Å²) in [5, 5.41) is 3.56. The SMILES string of the molecule is C1=C(c2cncc(-c3ccccc3)c2)C2CCNC1C2. The second-order valence-corrected chi connectivity index (χ2v) is 5.73. The Labute approximate surface area is 119 Å². The lowest BCUT2D eigenvalue weighted by molar-refractivity contribution is 0.419. The van der Waals surface area contributed by atoms with E-state index in [-0.39, 0.29) is 0 Å². The monoisotopic (exact) mass is 262 g/mol. The molecule has 0 spiro atoms. The molecular weight excluding hydrogens is 244 g/mol. The number of pyridine rings is 1. The van der Waals surface area contributed by atoms with E-state index >= 15 is 0 Å². The van der Waals surface area contributed by atoms with Crippen LogP contribution < -0.4 is 5.32 Å². The van der Waals surface area contributed by atoms with E-state index in [9.17, 15) is 0 Å². The highest BCUT2D eigenvalue weighted by atomic mass is 14.9. The van der Waals surface area contributed by atoms with Gasteiger partial charge in [0.1, 0.15) is 0 Å². The molecule has 2 heteroatoms. The normalized spacial score (nSPS) is 24.5. The van der Waals surface area contributed by atoms with E-state index < -0.39 is 0 Å². The van der Waals surface area contributed by atoms with Crippen LogP contribution in [0.2, 0.25) is 0 Å². The summed E-state index contributed by atoms with van der Waals surface area (Å²) in [5.74, 6) is 0.717. The van der Waals surface area contributed by atoms with E-state index in [1.165, 1.54) is 35.1 Å². The molecule has 0 amide bonds. The quantitative estimate of drug-likeness (QED) is 0.895. The van der Waals surface area contributed by atoms with Crippen LogP contribution in [-0.2, 0) is 0 Å². The first-order valence-corrected chi connectivity index (χ1v) is 7.36. The van der Waals surface area contributed by atoms with E-state index in [1.54, 1.807) is 0 Å². The highest BCUT2D eigenvalue weighted by molar-refractivity contribution is 5.74. The van der Waals surface area contributed by atoms with Gasteiger partial charge in [-0.1, -0.05) is 36.4 Å². The first-order chi connectivity index (χ1) is 9.90. The van der Waals surface area contributed by atoms with Crippen LogP contribution in [0.1, 0.15) is 18.4 Å². The van der Waals surface area contributed by atoms with E-state index in [1.807, 2.05) is 12.4 Å². The molecule has 1 aliphatic heterocycles. The number of allylic oxidation sites excluding steroid dienone is 1. The standard InChI is InChI=1S/C18H18N2/c1-2-4-13(5-3-1)15-8-16(12-19-11-15)18-10-17-9-14(18)6-7-20-17/h1-5,8,10-12,14,17,20H,6-7,9H2. The zero-order chi connectivity index (χ0) is 13.4. The van der Waals surface area contributed by atoms with Crippen LogP contribution in [-0.4, -0.2) is 17.6 Å². The minimum atomic E-state index is 0.573. The molecule has 2 aromatic rings. The third kappa shape index (κ3) is 2.06. The highest BCUT2D eigenvalue weighted by Gasteiger charge is 2.30. The Balaban J connectivity index is 1.72. The number of fused-ring (bicyclic) bond motifs is 2. The summed E-state index contributed by atoms with van der Waals surface area (Å²) in [6, 6.07) is 13.4. The Kier molecular flexibility index (Phi) is 2.89. The van der Waals surface area contributed by atoms with Gasteiger partial charge in [0.15, 0.2) is 0 Å². The molecule has 2 unspecified atom stereocenters. The van der Waals surface area contributed by atoms with Crippen LogP contribution in [0, 0.1) is 5.92 Å². The maximum Gasteiger partial charge on any atom is 0.0346 e. The molecule has 1 aliphatic carbocycles. The van der Waals surface area contributed by atoms with Crippen molar-refractivity contribution >= 4 is 5.57 Å². The van der Waals surface area contributed by atoms with Gasteiger partial charge in [0.25, 0.3) is 0 Å². The van der Waals surface area contributed by atoms with Crippen LogP contribution in [0.4, 0.5) is 0 Å². The molecule has 1 N–H and O–H groups in total. The zero-order valence-electron chi connectivity index (χ0n) is 11.4. The third-order valence-corrected chi connectivity index (χ3v) is 4.44. The molecule has 20 heavy (non-hydrogen) atoms. The molecule has 2 bridgehead atoms. The fourth-order valence-corrected chi connectivity index (χ4v) is 3.43. The number of nitrogens with zero attached hydrogens (tertiary/aromatic N) is 1. The van der Waals surface area contributed by atoms with Gasteiger partial charge in [-0.3, -0.25) is 4.98 Å². The summed E-state index contributed by atoms with van der Waals surface area (Å²) in [5.41, 5.74) is 5.23. The van der Waals surface area contributed by atoms with Crippen molar-refractivity contribution in [2.24, 2.45) is 5.92 Å². The van der Waals surface area contributed by atoms with Gasteiger partial charge in [-0.25, -0.2) is 0 Å². The molecule has 2 atom stereocenters. The molecule has 4 rings (SSSR count). The van der Waals surface area contributed by atoms with Crippen molar-refractivity contribution in [1.29, 1.82) is 0 Å². The van der Waals surface area contributed by atoms with E-state index in [0.29, 0.717) is 12.0 Å². The van der Waals surface area contributed by atoms with Gasteiger partial charge in [-0.05, 0) is 48.1 Å². The van der Waals surface area contributed by atoms with Crippen molar-refractivity contribution in [1.82, 2.24) is 10.3 Å². The van der Waals surface area contributed by atoms with Crippen LogP contribution in [0.3, 0.4) is 0 Å². The lowest BCUT2D eigenvalue weighted by atomic mass is 9.90. The van der Waals surface area contributed by atoms with Crippen LogP contribution >= 0.6 is 0 Å². The number of aromatic nitrogens is 1.